The normalized spacial score (nSPS) is 10.5. The number of aromatic amines is 1. The molecule has 20 heavy (non-hydrogen) atoms. The SMILES string of the molecule is CNc1ccc(-c2nc(-c3cccc(Cl)c3)n[nH]2)cc1. The average Bonchev–Trinajstić information content (AvgIpc) is 2.97. The van der Waals surface area contributed by atoms with E-state index in [1.54, 1.807) is 0 Å². The third-order valence-corrected chi connectivity index (χ3v) is 3.25. The van der Waals surface area contributed by atoms with Crippen LogP contribution in [0.25, 0.3) is 22.8 Å². The summed E-state index contributed by atoms with van der Waals surface area (Å²) in [6, 6.07) is 15.5. The predicted molar refractivity (Wildman–Crippen MR) is 81.8 cm³/mol. The summed E-state index contributed by atoms with van der Waals surface area (Å²) in [6.07, 6.45) is 0. The molecule has 0 spiro atoms. The van der Waals surface area contributed by atoms with Crippen molar-refractivity contribution in [3.8, 4) is 22.8 Å². The zero-order chi connectivity index (χ0) is 13.9. The molecule has 100 valence electrons. The van der Waals surface area contributed by atoms with E-state index in [9.17, 15) is 0 Å². The van der Waals surface area contributed by atoms with E-state index in [0.717, 1.165) is 22.6 Å². The van der Waals surface area contributed by atoms with Gasteiger partial charge in [-0.25, -0.2) is 4.98 Å². The van der Waals surface area contributed by atoms with Gasteiger partial charge < -0.3 is 5.32 Å². The Morgan fingerprint density at radius 1 is 1.05 bits per heavy atom. The molecule has 1 aromatic heterocycles. The fourth-order valence-electron chi connectivity index (χ4n) is 1.94. The standard InChI is InChI=1S/C15H13ClN4/c1-17-13-7-5-10(6-8-13)14-18-15(20-19-14)11-3-2-4-12(16)9-11/h2-9,17H,1H3,(H,18,19,20). The summed E-state index contributed by atoms with van der Waals surface area (Å²) in [5, 5.41) is 10.9. The number of hydrogen-bond donors (Lipinski definition) is 2. The van der Waals surface area contributed by atoms with Gasteiger partial charge in [0.25, 0.3) is 0 Å². The molecule has 0 amide bonds. The van der Waals surface area contributed by atoms with E-state index in [0.29, 0.717) is 10.8 Å². The first-order valence-corrected chi connectivity index (χ1v) is 6.60. The Bertz CT molecular complexity index is 719. The molecule has 0 atom stereocenters. The third-order valence-electron chi connectivity index (χ3n) is 3.02. The van der Waals surface area contributed by atoms with Gasteiger partial charge in [0.2, 0.25) is 0 Å². The van der Waals surface area contributed by atoms with Gasteiger partial charge in [-0.2, -0.15) is 5.10 Å². The molecular weight excluding hydrogens is 272 g/mol. The van der Waals surface area contributed by atoms with Gasteiger partial charge in [0.05, 0.1) is 0 Å². The summed E-state index contributed by atoms with van der Waals surface area (Å²) < 4.78 is 0. The smallest absolute Gasteiger partial charge is 0.181 e. The van der Waals surface area contributed by atoms with Crippen LogP contribution in [-0.4, -0.2) is 22.2 Å². The maximum absolute atomic E-state index is 5.98. The Labute approximate surface area is 121 Å². The summed E-state index contributed by atoms with van der Waals surface area (Å²) in [7, 11) is 1.89. The minimum Gasteiger partial charge on any atom is -0.388 e. The van der Waals surface area contributed by atoms with E-state index in [1.807, 2.05) is 55.6 Å². The van der Waals surface area contributed by atoms with Crippen LogP contribution in [0.5, 0.6) is 0 Å². The lowest BCUT2D eigenvalue weighted by molar-refractivity contribution is 1.10. The maximum Gasteiger partial charge on any atom is 0.181 e. The lowest BCUT2D eigenvalue weighted by atomic mass is 10.2. The quantitative estimate of drug-likeness (QED) is 0.768. The number of nitrogens with zero attached hydrogens (tertiary/aromatic N) is 2. The second-order valence-corrected chi connectivity index (χ2v) is 4.78. The van der Waals surface area contributed by atoms with Crippen molar-refractivity contribution in [3.05, 3.63) is 53.6 Å². The molecule has 0 fully saturated rings. The molecular formula is C15H13ClN4. The number of benzene rings is 2. The number of anilines is 1. The van der Waals surface area contributed by atoms with E-state index < -0.39 is 0 Å². The van der Waals surface area contributed by atoms with Gasteiger partial charge in [0.15, 0.2) is 11.6 Å². The monoisotopic (exact) mass is 284 g/mol. The summed E-state index contributed by atoms with van der Waals surface area (Å²) in [5.74, 6) is 1.38. The van der Waals surface area contributed by atoms with Crippen LogP contribution in [0.2, 0.25) is 5.02 Å². The minimum atomic E-state index is 0.639. The highest BCUT2D eigenvalue weighted by Gasteiger charge is 2.08. The Morgan fingerprint density at radius 2 is 1.85 bits per heavy atom. The molecule has 1 heterocycles. The minimum absolute atomic E-state index is 0.639. The van der Waals surface area contributed by atoms with E-state index in [2.05, 4.69) is 20.5 Å². The van der Waals surface area contributed by atoms with Crippen LogP contribution in [0.1, 0.15) is 0 Å². The average molecular weight is 285 g/mol. The van der Waals surface area contributed by atoms with Crippen molar-refractivity contribution in [3.63, 3.8) is 0 Å². The fraction of sp³-hybridized carbons (Fsp3) is 0.0667. The highest BCUT2D eigenvalue weighted by molar-refractivity contribution is 6.30. The zero-order valence-corrected chi connectivity index (χ0v) is 11.6. The zero-order valence-electron chi connectivity index (χ0n) is 10.9. The van der Waals surface area contributed by atoms with Crippen LogP contribution >= 0.6 is 11.6 Å². The highest BCUT2D eigenvalue weighted by Crippen LogP contribution is 2.23. The van der Waals surface area contributed by atoms with Crippen LogP contribution in [0.15, 0.2) is 48.5 Å². The van der Waals surface area contributed by atoms with Crippen LogP contribution < -0.4 is 5.32 Å². The first-order valence-electron chi connectivity index (χ1n) is 6.23. The fourth-order valence-corrected chi connectivity index (χ4v) is 2.13. The van der Waals surface area contributed by atoms with Crippen molar-refractivity contribution in [2.24, 2.45) is 0 Å². The second kappa shape index (κ2) is 5.35. The molecule has 2 aromatic carbocycles. The molecule has 3 rings (SSSR count). The molecule has 0 saturated carbocycles. The summed E-state index contributed by atoms with van der Waals surface area (Å²) in [4.78, 5) is 4.50. The number of aromatic nitrogens is 3. The number of rotatable bonds is 3. The first kappa shape index (κ1) is 12.7. The van der Waals surface area contributed by atoms with Gasteiger partial charge >= 0.3 is 0 Å². The highest BCUT2D eigenvalue weighted by atomic mass is 35.5. The van der Waals surface area contributed by atoms with Gasteiger partial charge in [-0.3, -0.25) is 5.10 Å². The Morgan fingerprint density at radius 3 is 2.55 bits per heavy atom. The molecule has 5 heteroatoms. The van der Waals surface area contributed by atoms with Gasteiger partial charge in [0, 0.05) is 28.9 Å². The third kappa shape index (κ3) is 2.51. The molecule has 0 bridgehead atoms. The van der Waals surface area contributed by atoms with Crippen molar-refractivity contribution in [2.45, 2.75) is 0 Å². The van der Waals surface area contributed by atoms with Gasteiger partial charge in [-0.1, -0.05) is 23.7 Å². The Hall–Kier alpha value is -2.33. The second-order valence-electron chi connectivity index (χ2n) is 4.35. The van der Waals surface area contributed by atoms with Crippen molar-refractivity contribution >= 4 is 17.3 Å². The van der Waals surface area contributed by atoms with Crippen LogP contribution in [0.3, 0.4) is 0 Å². The van der Waals surface area contributed by atoms with Crippen molar-refractivity contribution in [1.29, 1.82) is 0 Å². The molecule has 0 radical (unpaired) electrons. The van der Waals surface area contributed by atoms with Crippen LogP contribution in [-0.2, 0) is 0 Å². The van der Waals surface area contributed by atoms with E-state index in [4.69, 9.17) is 11.6 Å². The molecule has 0 aliphatic carbocycles. The number of H-pyrrole nitrogens is 1. The van der Waals surface area contributed by atoms with Gasteiger partial charge in [-0.05, 0) is 36.4 Å². The van der Waals surface area contributed by atoms with Gasteiger partial charge in [-0.15, -0.1) is 0 Å². The van der Waals surface area contributed by atoms with Crippen LogP contribution in [0.4, 0.5) is 5.69 Å². The lowest BCUT2D eigenvalue weighted by Crippen LogP contribution is -1.87. The molecule has 0 aliphatic heterocycles. The molecule has 0 unspecified atom stereocenters. The van der Waals surface area contributed by atoms with E-state index in [1.165, 1.54) is 0 Å². The first-order chi connectivity index (χ1) is 9.76. The topological polar surface area (TPSA) is 53.6 Å². The number of hydrogen-bond acceptors (Lipinski definition) is 3. The van der Waals surface area contributed by atoms with Crippen molar-refractivity contribution < 1.29 is 0 Å². The number of nitrogens with one attached hydrogen (secondary N) is 2. The molecule has 0 saturated heterocycles. The van der Waals surface area contributed by atoms with E-state index in [-0.39, 0.29) is 0 Å². The largest absolute Gasteiger partial charge is 0.388 e. The Kier molecular flexibility index (Phi) is 3.39. The van der Waals surface area contributed by atoms with Crippen LogP contribution in [0, 0.1) is 0 Å². The maximum atomic E-state index is 5.98. The molecule has 2 N–H and O–H groups in total. The van der Waals surface area contributed by atoms with Crippen molar-refractivity contribution in [2.75, 3.05) is 12.4 Å². The van der Waals surface area contributed by atoms with E-state index >= 15 is 0 Å². The molecule has 3 aromatic rings. The van der Waals surface area contributed by atoms with Crippen molar-refractivity contribution in [1.82, 2.24) is 15.2 Å². The predicted octanol–water partition coefficient (Wildman–Crippen LogP) is 3.83. The summed E-state index contributed by atoms with van der Waals surface area (Å²) in [6.45, 7) is 0. The van der Waals surface area contributed by atoms with Gasteiger partial charge in [0.1, 0.15) is 0 Å². The Balaban J connectivity index is 1.93. The molecule has 4 nitrogen and oxygen atoms in total. The number of halogens is 1. The summed E-state index contributed by atoms with van der Waals surface area (Å²) >= 11 is 5.98. The lowest BCUT2D eigenvalue weighted by Gasteiger charge is -2.00. The molecule has 0 aliphatic rings. The summed E-state index contributed by atoms with van der Waals surface area (Å²) in [5.41, 5.74) is 2.94.